The molecule has 0 nitrogen and oxygen atoms in total. The van der Waals surface area contributed by atoms with Crippen LogP contribution in [0, 0.1) is 0 Å². The molecule has 64 valence electrons. The molecule has 0 atom stereocenters. The van der Waals surface area contributed by atoms with Crippen LogP contribution in [0.3, 0.4) is 0 Å². The van der Waals surface area contributed by atoms with E-state index in [-0.39, 0.29) is 40.0 Å². The minimum Gasteiger partial charge on any atom is -1.00 e. The Labute approximate surface area is 100.0 Å². The molecule has 0 unspecified atom stereocenters. The molecule has 0 saturated heterocycles. The maximum absolute atomic E-state index is 2.28. The average Bonchev–Trinajstić information content (AvgIpc) is 1.14. The van der Waals surface area contributed by atoms with Crippen LogP contribution in [-0.2, 0) is 0 Å². The number of halogens is 1. The normalized spacial score (nSPS) is 11.5. The summed E-state index contributed by atoms with van der Waals surface area (Å²) in [6, 6.07) is 0. The van der Waals surface area contributed by atoms with E-state index in [0.717, 1.165) is 0 Å². The Kier molecular flexibility index (Phi) is 10.4. The summed E-state index contributed by atoms with van der Waals surface area (Å²) < 4.78 is 0. The van der Waals surface area contributed by atoms with Gasteiger partial charge in [0, 0.05) is 0 Å². The van der Waals surface area contributed by atoms with Gasteiger partial charge in [0.1, 0.15) is 0 Å². The molecule has 11 heavy (non-hydrogen) atoms. The van der Waals surface area contributed by atoms with E-state index in [9.17, 15) is 0 Å². The molecule has 0 aliphatic carbocycles. The number of rotatable bonds is 0. The molecule has 0 amide bonds. The molecule has 0 heterocycles. The van der Waals surface area contributed by atoms with Crippen LogP contribution >= 0.6 is 8.58 Å². The Hall–Kier alpha value is 1.68. The first-order valence-electron chi connectivity index (χ1n) is 3.45. The quantitative estimate of drug-likeness (QED) is 0.424. The van der Waals surface area contributed by atoms with Gasteiger partial charge in [-0.25, -0.2) is 0 Å². The van der Waals surface area contributed by atoms with E-state index in [4.69, 9.17) is 0 Å². The summed E-state index contributed by atoms with van der Waals surface area (Å²) in [7, 11) is 1.53. The van der Waals surface area contributed by atoms with Crippen molar-refractivity contribution in [1.29, 1.82) is 0 Å². The molecule has 0 saturated carbocycles. The zero-order valence-electron chi connectivity index (χ0n) is 8.53. The van der Waals surface area contributed by atoms with Gasteiger partial charge in [0.25, 0.3) is 0 Å². The molecule has 0 fully saturated rings. The van der Waals surface area contributed by atoms with Gasteiger partial charge in [0.15, 0.2) is 0 Å². The van der Waals surface area contributed by atoms with Crippen molar-refractivity contribution < 1.29 is 17.0 Å². The van der Waals surface area contributed by atoms with Crippen molar-refractivity contribution in [2.24, 2.45) is 0 Å². The van der Waals surface area contributed by atoms with Gasteiger partial charge in [-0.2, -0.15) is 10.3 Å². The van der Waals surface area contributed by atoms with Crippen molar-refractivity contribution in [3.8, 4) is 0 Å². The summed E-state index contributed by atoms with van der Waals surface area (Å²) in [5.74, 6) is 0. The summed E-state index contributed by atoms with van der Waals surface area (Å²) in [6.45, 7) is 13.7. The molecule has 0 radical (unpaired) electrons. The predicted molar refractivity (Wildman–Crippen MR) is 52.2 cm³/mol. The van der Waals surface area contributed by atoms with Crippen molar-refractivity contribution >= 4 is 31.6 Å². The van der Waals surface area contributed by atoms with E-state index in [1.165, 1.54) is 8.58 Å². The van der Waals surface area contributed by atoms with E-state index in [2.05, 4.69) is 41.5 Å². The molecule has 0 aromatic rings. The molecule has 0 spiro atoms. The van der Waals surface area contributed by atoms with Crippen molar-refractivity contribution in [3.05, 3.63) is 0 Å². The Balaban J connectivity index is -0.000000320. The third-order valence-electron chi connectivity index (χ3n) is 0.671. The average molecular weight is 249 g/mol. The monoisotopic (exact) mass is 248 g/mol. The minimum atomic E-state index is 0. The first-order valence-corrected chi connectivity index (χ1v) is 4.34. The molecule has 0 bridgehead atoms. The van der Waals surface area contributed by atoms with Crippen LogP contribution in [0.1, 0.15) is 41.5 Å². The van der Waals surface area contributed by atoms with Crippen LogP contribution in [0.5, 0.6) is 0 Å². The zero-order chi connectivity index (χ0) is 7.71. The second-order valence-corrected chi connectivity index (χ2v) is 7.36. The van der Waals surface area contributed by atoms with E-state index in [0.29, 0.717) is 10.3 Å². The van der Waals surface area contributed by atoms with Crippen molar-refractivity contribution in [2.45, 2.75) is 51.9 Å². The summed E-state index contributed by atoms with van der Waals surface area (Å²) in [5.41, 5.74) is 0. The van der Waals surface area contributed by atoms with Gasteiger partial charge in [-0.05, 0) is 0 Å². The summed E-state index contributed by atoms with van der Waals surface area (Å²) >= 11 is 0. The molecule has 3 heteroatoms. The van der Waals surface area contributed by atoms with Crippen molar-refractivity contribution in [3.63, 3.8) is 0 Å². The Bertz CT molecular complexity index is 79.2. The molecular weight excluding hydrogens is 231 g/mol. The molecule has 0 aromatic heterocycles. The van der Waals surface area contributed by atoms with Crippen LogP contribution in [0.15, 0.2) is 0 Å². The van der Waals surface area contributed by atoms with Gasteiger partial charge < -0.3 is 25.6 Å². The fraction of sp³-hybridized carbons (Fsp3) is 1.00. The summed E-state index contributed by atoms with van der Waals surface area (Å²) in [4.78, 5) is 0. The van der Waals surface area contributed by atoms with Gasteiger partial charge in [0.05, 0.1) is 0 Å². The predicted octanol–water partition coefficient (Wildman–Crippen LogP) is 0.153. The van der Waals surface area contributed by atoms with E-state index < -0.39 is 0 Å². The molecular formula is C8H18BrMgP. The first kappa shape index (κ1) is 18.5. The standard InChI is InChI=1S/C8H18P.BrH.Mg/c1-7(2,3)9-8(4,5)6;;/h1-6H3;1H;/q-1;;+2/p-1. The second kappa shape index (κ2) is 6.18. The Morgan fingerprint density at radius 2 is 0.909 bits per heavy atom. The van der Waals surface area contributed by atoms with Gasteiger partial charge in [0.2, 0.25) is 0 Å². The number of hydrogen-bond donors (Lipinski definition) is 0. The molecule has 0 N–H and O–H groups in total. The van der Waals surface area contributed by atoms with Crippen molar-refractivity contribution in [1.82, 2.24) is 0 Å². The largest absolute Gasteiger partial charge is 2.00 e. The SMILES string of the molecule is CC(C)(C)[P-]C(C)(C)C.[Br-].[Mg+2]. The maximum atomic E-state index is 2.28. The molecule has 0 aromatic carbocycles. The maximum Gasteiger partial charge on any atom is 2.00 e. The van der Waals surface area contributed by atoms with Crippen LogP contribution in [0.4, 0.5) is 0 Å². The van der Waals surface area contributed by atoms with Crippen LogP contribution in [-0.4, -0.2) is 33.4 Å². The molecule has 0 aliphatic rings. The second-order valence-electron chi connectivity index (χ2n) is 4.45. The third kappa shape index (κ3) is 18.6. The number of hydrogen-bond acceptors (Lipinski definition) is 0. The van der Waals surface area contributed by atoms with Crippen LogP contribution in [0.25, 0.3) is 0 Å². The van der Waals surface area contributed by atoms with Gasteiger partial charge in [-0.1, -0.05) is 41.5 Å². The molecule has 0 aliphatic heterocycles. The Morgan fingerprint density at radius 1 is 0.727 bits per heavy atom. The fourth-order valence-electron chi connectivity index (χ4n) is 1.01. The Morgan fingerprint density at radius 3 is 0.909 bits per heavy atom. The smallest absolute Gasteiger partial charge is 1.00 e. The zero-order valence-corrected chi connectivity index (χ0v) is 12.4. The van der Waals surface area contributed by atoms with E-state index in [1.54, 1.807) is 0 Å². The van der Waals surface area contributed by atoms with Crippen LogP contribution in [0.2, 0.25) is 0 Å². The van der Waals surface area contributed by atoms with Gasteiger partial charge in [-0.3, -0.25) is 0 Å². The van der Waals surface area contributed by atoms with E-state index >= 15 is 0 Å². The van der Waals surface area contributed by atoms with E-state index in [1.807, 2.05) is 0 Å². The van der Waals surface area contributed by atoms with Gasteiger partial charge in [-0.15, -0.1) is 0 Å². The fourth-order valence-corrected chi connectivity index (χ4v) is 3.02. The summed E-state index contributed by atoms with van der Waals surface area (Å²) in [6.07, 6.45) is 0. The third-order valence-corrected chi connectivity index (χ3v) is 2.01. The summed E-state index contributed by atoms with van der Waals surface area (Å²) in [5, 5.41) is 0.913. The topological polar surface area (TPSA) is 0 Å². The molecule has 0 rings (SSSR count). The van der Waals surface area contributed by atoms with Crippen molar-refractivity contribution in [2.75, 3.05) is 0 Å². The van der Waals surface area contributed by atoms with Gasteiger partial charge >= 0.3 is 23.1 Å². The minimum absolute atomic E-state index is 0. The first-order chi connectivity index (χ1) is 3.71. The van der Waals surface area contributed by atoms with Crippen LogP contribution < -0.4 is 17.0 Å².